The molecule has 0 N–H and O–H groups in total. The van der Waals surface area contributed by atoms with Crippen LogP contribution in [0, 0.1) is 0 Å². The van der Waals surface area contributed by atoms with Gasteiger partial charge in [0, 0.05) is 113 Å². The average Bonchev–Trinajstić information content (AvgIpc) is 3.48. The van der Waals surface area contributed by atoms with Crippen LogP contribution in [0.3, 0.4) is 0 Å². The molecule has 10 aromatic carbocycles. The van der Waals surface area contributed by atoms with Gasteiger partial charge in [-0.25, -0.2) is 0 Å². The van der Waals surface area contributed by atoms with Crippen molar-refractivity contribution in [2.24, 2.45) is 0 Å². The number of rotatable bonds is 18. The molecule has 77 heavy (non-hydrogen) atoms. The fourth-order valence-corrected chi connectivity index (χ4v) is 11.1. The van der Waals surface area contributed by atoms with Gasteiger partial charge in [-0.3, -0.25) is 0 Å². The van der Waals surface area contributed by atoms with Crippen molar-refractivity contribution >= 4 is 22.7 Å². The topological polar surface area (TPSA) is 22.2 Å². The molecule has 5 nitrogen and oxygen atoms in total. The highest BCUT2D eigenvalue weighted by Crippen LogP contribution is 2.41. The molecule has 10 aromatic rings. The summed E-state index contributed by atoms with van der Waals surface area (Å²) in [4.78, 5) is 8.74. The third-order valence-electron chi connectivity index (χ3n) is 15.0. The number of benzene rings is 10. The SMILES string of the molecule is CN(C)c1ccccc1-c1ccc(C(c2ccc(-c3ccccc3N(C)C)cc2)c2ccccc2COCc2ccccc2C(c2ccc(-c3ccccc3N(C)C)cc2)c2ccc(-c3ccccc3N(C)C)cc2)cc1. The molecule has 0 saturated carbocycles. The van der Waals surface area contributed by atoms with Gasteiger partial charge in [0.15, 0.2) is 0 Å². The van der Waals surface area contributed by atoms with Crippen LogP contribution >= 0.6 is 0 Å². The Balaban J connectivity index is 0.993. The lowest BCUT2D eigenvalue weighted by Crippen LogP contribution is -2.11. The molecule has 0 aliphatic heterocycles. The van der Waals surface area contributed by atoms with Gasteiger partial charge in [-0.2, -0.15) is 0 Å². The Morgan fingerprint density at radius 2 is 0.481 bits per heavy atom. The van der Waals surface area contributed by atoms with Crippen LogP contribution in [0.25, 0.3) is 44.5 Å². The Hall–Kier alpha value is -8.64. The van der Waals surface area contributed by atoms with Crippen LogP contribution in [-0.4, -0.2) is 56.4 Å². The second-order valence-corrected chi connectivity index (χ2v) is 20.9. The Labute approximate surface area is 457 Å². The molecular formula is C72H70N4O. The van der Waals surface area contributed by atoms with Gasteiger partial charge >= 0.3 is 0 Å². The summed E-state index contributed by atoms with van der Waals surface area (Å²) in [5.74, 6) is -0.0776. The molecule has 384 valence electrons. The molecule has 0 heterocycles. The number of ether oxygens (including phenoxy) is 1. The van der Waals surface area contributed by atoms with E-state index in [-0.39, 0.29) is 11.8 Å². The molecule has 0 saturated heterocycles. The second-order valence-electron chi connectivity index (χ2n) is 20.9. The maximum absolute atomic E-state index is 6.96. The predicted octanol–water partition coefficient (Wildman–Crippen LogP) is 16.7. The molecule has 0 aromatic heterocycles. The summed E-state index contributed by atoms with van der Waals surface area (Å²) in [7, 11) is 16.9. The summed E-state index contributed by atoms with van der Waals surface area (Å²) in [5, 5.41) is 0. The molecular weight excluding hydrogens is 937 g/mol. The lowest BCUT2D eigenvalue weighted by atomic mass is 9.81. The van der Waals surface area contributed by atoms with Gasteiger partial charge in [0.1, 0.15) is 0 Å². The number of para-hydroxylation sites is 4. The minimum absolute atomic E-state index is 0.0388. The number of nitrogens with zero attached hydrogens (tertiary/aromatic N) is 4. The molecule has 0 spiro atoms. The molecule has 0 amide bonds. The highest BCUT2D eigenvalue weighted by Gasteiger charge is 2.24. The van der Waals surface area contributed by atoms with Gasteiger partial charge in [-0.1, -0.05) is 218 Å². The first-order chi connectivity index (χ1) is 37.5. The van der Waals surface area contributed by atoms with Crippen molar-refractivity contribution in [1.29, 1.82) is 0 Å². The van der Waals surface area contributed by atoms with E-state index in [0.717, 1.165) is 11.1 Å². The number of anilines is 4. The molecule has 0 atom stereocenters. The minimum atomic E-state index is -0.0388. The molecule has 0 bridgehead atoms. The van der Waals surface area contributed by atoms with Gasteiger partial charge < -0.3 is 24.3 Å². The lowest BCUT2D eigenvalue weighted by molar-refractivity contribution is 0.106. The molecule has 0 aliphatic rings. The van der Waals surface area contributed by atoms with Crippen molar-refractivity contribution < 1.29 is 4.74 Å². The Morgan fingerprint density at radius 1 is 0.260 bits per heavy atom. The molecule has 5 heteroatoms. The first-order valence-electron chi connectivity index (χ1n) is 26.7. The maximum Gasteiger partial charge on any atom is 0.0724 e. The third-order valence-corrected chi connectivity index (χ3v) is 15.0. The normalized spacial score (nSPS) is 11.2. The Bertz CT molecular complexity index is 3130. The fourth-order valence-electron chi connectivity index (χ4n) is 11.1. The summed E-state index contributed by atoms with van der Waals surface area (Å²) in [6.07, 6.45) is 0. The van der Waals surface area contributed by atoms with Crippen molar-refractivity contribution in [3.63, 3.8) is 0 Å². The number of hydrogen-bond donors (Lipinski definition) is 0. The minimum Gasteiger partial charge on any atom is -0.377 e. The maximum atomic E-state index is 6.96. The highest BCUT2D eigenvalue weighted by molar-refractivity contribution is 5.82. The van der Waals surface area contributed by atoms with E-state index >= 15 is 0 Å². The average molecular weight is 1010 g/mol. The van der Waals surface area contributed by atoms with E-state index < -0.39 is 0 Å². The highest BCUT2D eigenvalue weighted by atomic mass is 16.5. The van der Waals surface area contributed by atoms with Crippen molar-refractivity contribution in [2.45, 2.75) is 25.0 Å². The van der Waals surface area contributed by atoms with Crippen LogP contribution < -0.4 is 19.6 Å². The predicted molar refractivity (Wildman–Crippen MR) is 328 cm³/mol. The van der Waals surface area contributed by atoms with E-state index in [2.05, 4.69) is 319 Å². The van der Waals surface area contributed by atoms with Gasteiger partial charge in [-0.05, 0) is 91.0 Å². The second kappa shape index (κ2) is 23.5. The molecule has 0 unspecified atom stereocenters. The fraction of sp³-hybridized carbons (Fsp3) is 0.167. The largest absolute Gasteiger partial charge is 0.377 e. The van der Waals surface area contributed by atoms with E-state index in [1.165, 1.54) is 101 Å². The molecule has 10 rings (SSSR count). The summed E-state index contributed by atoms with van der Waals surface area (Å²) < 4.78 is 6.96. The summed E-state index contributed by atoms with van der Waals surface area (Å²) >= 11 is 0. The van der Waals surface area contributed by atoms with Crippen LogP contribution in [0.15, 0.2) is 243 Å². The van der Waals surface area contributed by atoms with E-state index in [1.807, 2.05) is 0 Å². The van der Waals surface area contributed by atoms with E-state index in [0.29, 0.717) is 13.2 Å². The quantitative estimate of drug-likeness (QED) is 0.0797. The monoisotopic (exact) mass is 1010 g/mol. The van der Waals surface area contributed by atoms with Crippen molar-refractivity contribution in [2.75, 3.05) is 76.0 Å². The first kappa shape index (κ1) is 51.8. The Kier molecular flexibility index (Phi) is 15.8. The molecule has 0 radical (unpaired) electrons. The van der Waals surface area contributed by atoms with E-state index in [1.54, 1.807) is 0 Å². The van der Waals surface area contributed by atoms with Crippen molar-refractivity contribution in [3.05, 3.63) is 287 Å². The van der Waals surface area contributed by atoms with Gasteiger partial charge in [0.2, 0.25) is 0 Å². The molecule has 0 aliphatic carbocycles. The van der Waals surface area contributed by atoms with Gasteiger partial charge in [0.05, 0.1) is 13.2 Å². The van der Waals surface area contributed by atoms with Gasteiger partial charge in [0.25, 0.3) is 0 Å². The van der Waals surface area contributed by atoms with Crippen molar-refractivity contribution in [1.82, 2.24) is 0 Å². The van der Waals surface area contributed by atoms with Gasteiger partial charge in [-0.15, -0.1) is 0 Å². The summed E-state index contributed by atoms with van der Waals surface area (Å²) in [6.45, 7) is 0.905. The standard InChI is InChI=1S/C72H70N4O/c1-73(2)67-29-17-13-23-61(67)51-33-41-55(42-34-51)71(56-43-35-52(36-44-56)62-24-14-18-30-68(62)74(3)4)65-27-11-9-21-59(65)49-77-50-60-22-10-12-28-66(60)72(57-45-37-53(38-46-57)63-25-15-19-31-69(63)75(5)6)58-47-39-54(40-48-58)64-26-16-20-32-70(64)76(7)8/h9-48,71-72H,49-50H2,1-8H3. The first-order valence-corrected chi connectivity index (χ1v) is 26.7. The third kappa shape index (κ3) is 11.3. The zero-order valence-electron chi connectivity index (χ0n) is 45.9. The number of hydrogen-bond acceptors (Lipinski definition) is 5. The van der Waals surface area contributed by atoms with Crippen LogP contribution in [0.4, 0.5) is 22.7 Å². The summed E-state index contributed by atoms with van der Waals surface area (Å²) in [6, 6.07) is 89.0. The van der Waals surface area contributed by atoms with E-state index in [9.17, 15) is 0 Å². The summed E-state index contributed by atoms with van der Waals surface area (Å²) in [5.41, 5.74) is 24.1. The Morgan fingerprint density at radius 3 is 0.727 bits per heavy atom. The van der Waals surface area contributed by atoms with Crippen LogP contribution in [-0.2, 0) is 18.0 Å². The van der Waals surface area contributed by atoms with Crippen LogP contribution in [0.1, 0.15) is 56.3 Å². The smallest absolute Gasteiger partial charge is 0.0724 e. The lowest BCUT2D eigenvalue weighted by Gasteiger charge is -2.25. The van der Waals surface area contributed by atoms with Crippen LogP contribution in [0.5, 0.6) is 0 Å². The molecule has 0 fully saturated rings. The van der Waals surface area contributed by atoms with Crippen molar-refractivity contribution in [3.8, 4) is 44.5 Å². The van der Waals surface area contributed by atoms with E-state index in [4.69, 9.17) is 4.74 Å². The zero-order chi connectivity index (χ0) is 53.4. The van der Waals surface area contributed by atoms with Crippen LogP contribution in [0.2, 0.25) is 0 Å². The zero-order valence-corrected chi connectivity index (χ0v) is 45.9.